The molecule has 0 fully saturated rings. The second-order valence-corrected chi connectivity index (χ2v) is 7.45. The molecule has 5 nitrogen and oxygen atoms in total. The number of para-hydroxylation sites is 2. The molecule has 23 heavy (non-hydrogen) atoms. The highest BCUT2D eigenvalue weighted by atomic mass is 32.2. The van der Waals surface area contributed by atoms with Gasteiger partial charge in [0, 0.05) is 5.39 Å². The van der Waals surface area contributed by atoms with Gasteiger partial charge in [-0.25, -0.2) is 8.42 Å². The summed E-state index contributed by atoms with van der Waals surface area (Å²) >= 11 is 0. The molecule has 1 aromatic heterocycles. The van der Waals surface area contributed by atoms with Gasteiger partial charge in [0.2, 0.25) is 10.0 Å². The summed E-state index contributed by atoms with van der Waals surface area (Å²) in [5.74, 6) is -0.00188. The maximum Gasteiger partial charge on any atom is 0.238 e. The summed E-state index contributed by atoms with van der Waals surface area (Å²) in [4.78, 5) is 0. The number of hydrogen-bond donors (Lipinski definition) is 1. The molecule has 1 N–H and O–H groups in total. The molecular weight excluding hydrogens is 312 g/mol. The quantitative estimate of drug-likeness (QED) is 0.770. The van der Waals surface area contributed by atoms with Crippen LogP contribution in [0.3, 0.4) is 0 Å². The Bertz CT molecular complexity index is 930. The van der Waals surface area contributed by atoms with Crippen LogP contribution < -0.4 is 4.72 Å². The number of rotatable bonds is 5. The molecule has 0 aliphatic heterocycles. The first-order valence-electron chi connectivity index (χ1n) is 7.39. The number of sulfonamides is 1. The molecule has 0 aliphatic rings. The molecule has 3 aromatic rings. The fraction of sp³-hybridized carbons (Fsp3) is 0.235. The van der Waals surface area contributed by atoms with Gasteiger partial charge in [-0.2, -0.15) is 0 Å². The van der Waals surface area contributed by atoms with Gasteiger partial charge in [0.25, 0.3) is 0 Å². The lowest BCUT2D eigenvalue weighted by Crippen LogP contribution is -2.16. The van der Waals surface area contributed by atoms with Crippen molar-refractivity contribution in [1.82, 2.24) is 5.16 Å². The number of anilines is 1. The highest BCUT2D eigenvalue weighted by Gasteiger charge is 2.19. The standard InChI is InChI=1S/C17H18N2O3S/c1-12(2)13-7-3-5-9-15(13)19-23(20,21)11-16-14-8-4-6-10-17(14)22-18-16/h3-10,12,19H,11H2,1-2H3. The summed E-state index contributed by atoms with van der Waals surface area (Å²) in [5.41, 5.74) is 2.56. The molecule has 6 heteroatoms. The highest BCUT2D eigenvalue weighted by molar-refractivity contribution is 7.91. The van der Waals surface area contributed by atoms with Crippen LogP contribution in [0.2, 0.25) is 0 Å². The van der Waals surface area contributed by atoms with Crippen LogP contribution in [0.4, 0.5) is 5.69 Å². The molecule has 1 heterocycles. The molecule has 0 radical (unpaired) electrons. The lowest BCUT2D eigenvalue weighted by atomic mass is 10.0. The van der Waals surface area contributed by atoms with Crippen LogP contribution in [0.1, 0.15) is 31.0 Å². The molecule has 2 aromatic carbocycles. The van der Waals surface area contributed by atoms with E-state index in [-0.39, 0.29) is 11.7 Å². The van der Waals surface area contributed by atoms with Crippen molar-refractivity contribution in [1.29, 1.82) is 0 Å². The van der Waals surface area contributed by atoms with E-state index in [1.54, 1.807) is 18.2 Å². The SMILES string of the molecule is CC(C)c1ccccc1NS(=O)(=O)Cc1noc2ccccc12. The Morgan fingerprint density at radius 3 is 2.57 bits per heavy atom. The van der Waals surface area contributed by atoms with Gasteiger partial charge >= 0.3 is 0 Å². The number of fused-ring (bicyclic) bond motifs is 1. The highest BCUT2D eigenvalue weighted by Crippen LogP contribution is 2.26. The smallest absolute Gasteiger partial charge is 0.238 e. The van der Waals surface area contributed by atoms with E-state index in [2.05, 4.69) is 9.88 Å². The van der Waals surface area contributed by atoms with Gasteiger partial charge in [-0.15, -0.1) is 0 Å². The van der Waals surface area contributed by atoms with E-state index in [0.29, 0.717) is 17.0 Å². The maximum absolute atomic E-state index is 12.5. The number of nitrogens with zero attached hydrogens (tertiary/aromatic N) is 1. The van der Waals surface area contributed by atoms with Gasteiger partial charge in [-0.3, -0.25) is 4.72 Å². The van der Waals surface area contributed by atoms with Gasteiger partial charge in [-0.05, 0) is 29.7 Å². The number of nitrogens with one attached hydrogen (secondary N) is 1. The molecule has 0 saturated carbocycles. The van der Waals surface area contributed by atoms with E-state index in [4.69, 9.17) is 4.52 Å². The minimum absolute atomic E-state index is 0.224. The van der Waals surface area contributed by atoms with Gasteiger partial charge in [0.05, 0.1) is 5.69 Å². The molecule has 0 atom stereocenters. The van der Waals surface area contributed by atoms with Crippen LogP contribution in [0, 0.1) is 0 Å². The molecule has 0 bridgehead atoms. The Balaban J connectivity index is 1.88. The van der Waals surface area contributed by atoms with Crippen LogP contribution >= 0.6 is 0 Å². The fourth-order valence-corrected chi connectivity index (χ4v) is 3.68. The van der Waals surface area contributed by atoms with E-state index < -0.39 is 10.0 Å². The van der Waals surface area contributed by atoms with Crippen molar-refractivity contribution >= 4 is 26.7 Å². The van der Waals surface area contributed by atoms with Gasteiger partial charge in [0.15, 0.2) is 5.58 Å². The minimum atomic E-state index is -3.58. The second kappa shape index (κ2) is 6.04. The van der Waals surface area contributed by atoms with Crippen molar-refractivity contribution in [3.63, 3.8) is 0 Å². The number of aromatic nitrogens is 1. The average molecular weight is 330 g/mol. The Kier molecular flexibility index (Phi) is 4.09. The van der Waals surface area contributed by atoms with E-state index in [1.165, 1.54) is 0 Å². The van der Waals surface area contributed by atoms with E-state index in [1.807, 2.05) is 44.2 Å². The van der Waals surface area contributed by atoms with Crippen molar-refractivity contribution in [2.75, 3.05) is 4.72 Å². The first kappa shape index (κ1) is 15.6. The van der Waals surface area contributed by atoms with Gasteiger partial charge < -0.3 is 4.52 Å². The van der Waals surface area contributed by atoms with Crippen LogP contribution in [-0.4, -0.2) is 13.6 Å². The van der Waals surface area contributed by atoms with Crippen molar-refractivity contribution in [2.24, 2.45) is 0 Å². The van der Waals surface area contributed by atoms with Crippen LogP contribution in [0.5, 0.6) is 0 Å². The zero-order valence-corrected chi connectivity index (χ0v) is 13.8. The zero-order valence-electron chi connectivity index (χ0n) is 13.0. The summed E-state index contributed by atoms with van der Waals surface area (Å²) in [7, 11) is -3.58. The monoisotopic (exact) mass is 330 g/mol. The molecule has 0 spiro atoms. The summed E-state index contributed by atoms with van der Waals surface area (Å²) in [5, 5.41) is 4.60. The number of benzene rings is 2. The van der Waals surface area contributed by atoms with E-state index in [9.17, 15) is 8.42 Å². The molecule has 3 rings (SSSR count). The normalized spacial score (nSPS) is 12.0. The van der Waals surface area contributed by atoms with E-state index >= 15 is 0 Å². The molecule has 0 aliphatic carbocycles. The lowest BCUT2D eigenvalue weighted by molar-refractivity contribution is 0.448. The molecular formula is C17H18N2O3S. The van der Waals surface area contributed by atoms with Crippen molar-refractivity contribution in [2.45, 2.75) is 25.5 Å². The molecule has 0 amide bonds. The predicted octanol–water partition coefficient (Wildman–Crippen LogP) is 3.89. The molecule has 0 unspecified atom stereocenters. The Hall–Kier alpha value is -2.34. The van der Waals surface area contributed by atoms with E-state index in [0.717, 1.165) is 10.9 Å². The fourth-order valence-electron chi connectivity index (χ4n) is 2.52. The Morgan fingerprint density at radius 2 is 1.78 bits per heavy atom. The summed E-state index contributed by atoms with van der Waals surface area (Å²) in [6, 6.07) is 14.6. The van der Waals surface area contributed by atoms with Crippen molar-refractivity contribution < 1.29 is 12.9 Å². The minimum Gasteiger partial charge on any atom is -0.356 e. The van der Waals surface area contributed by atoms with Crippen LogP contribution in [0.25, 0.3) is 11.0 Å². The first-order valence-corrected chi connectivity index (χ1v) is 9.04. The van der Waals surface area contributed by atoms with Crippen LogP contribution in [-0.2, 0) is 15.8 Å². The Morgan fingerprint density at radius 1 is 1.09 bits per heavy atom. The van der Waals surface area contributed by atoms with Crippen LogP contribution in [0.15, 0.2) is 53.1 Å². The van der Waals surface area contributed by atoms with Crippen molar-refractivity contribution in [3.05, 3.63) is 59.8 Å². The molecule has 0 saturated heterocycles. The second-order valence-electron chi connectivity index (χ2n) is 5.73. The predicted molar refractivity (Wildman–Crippen MR) is 90.8 cm³/mol. The maximum atomic E-state index is 12.5. The lowest BCUT2D eigenvalue weighted by Gasteiger charge is -2.14. The zero-order chi connectivity index (χ0) is 16.4. The summed E-state index contributed by atoms with van der Waals surface area (Å²) in [6.45, 7) is 4.05. The Labute approximate surface area is 135 Å². The third-order valence-corrected chi connectivity index (χ3v) is 4.81. The largest absolute Gasteiger partial charge is 0.356 e. The average Bonchev–Trinajstić information content (AvgIpc) is 2.90. The van der Waals surface area contributed by atoms with Gasteiger partial charge in [0.1, 0.15) is 11.4 Å². The summed E-state index contributed by atoms with van der Waals surface area (Å²) < 4.78 is 32.8. The topological polar surface area (TPSA) is 72.2 Å². The summed E-state index contributed by atoms with van der Waals surface area (Å²) in [6.07, 6.45) is 0. The third-order valence-electron chi connectivity index (χ3n) is 3.63. The number of hydrogen-bond acceptors (Lipinski definition) is 4. The first-order chi connectivity index (χ1) is 11.0. The molecule has 120 valence electrons. The van der Waals surface area contributed by atoms with Crippen molar-refractivity contribution in [3.8, 4) is 0 Å². The third kappa shape index (κ3) is 3.37. The van der Waals surface area contributed by atoms with Gasteiger partial charge in [-0.1, -0.05) is 49.3 Å².